The van der Waals surface area contributed by atoms with Crippen LogP contribution in [0.2, 0.25) is 0 Å². The molecule has 0 aliphatic carbocycles. The molecule has 0 aliphatic rings. The molecule has 3 nitrogen and oxygen atoms in total. The summed E-state index contributed by atoms with van der Waals surface area (Å²) in [6, 6.07) is 2.01. The summed E-state index contributed by atoms with van der Waals surface area (Å²) in [7, 11) is 1.81. The number of carbonyl (C=O) groups excluding carboxylic acids is 1. The van der Waals surface area contributed by atoms with Gasteiger partial charge in [-0.3, -0.25) is 9.48 Å². The molecule has 0 atom stereocenters. The number of carbonyl (C=O) groups is 1. The molecule has 0 radical (unpaired) electrons. The molecule has 0 saturated heterocycles. The normalized spacial score (nSPS) is 10.5. The van der Waals surface area contributed by atoms with E-state index in [1.165, 1.54) is 11.3 Å². The average Bonchev–Trinajstić information content (AvgIpc) is 2.84. The van der Waals surface area contributed by atoms with Gasteiger partial charge in [0.05, 0.1) is 16.6 Å². The van der Waals surface area contributed by atoms with Crippen molar-refractivity contribution in [1.29, 1.82) is 0 Å². The zero-order valence-corrected chi connectivity index (χ0v) is 9.54. The lowest BCUT2D eigenvalue weighted by molar-refractivity contribution is 0.104. The number of thiophene rings is 1. The van der Waals surface area contributed by atoms with Crippen molar-refractivity contribution < 1.29 is 4.79 Å². The van der Waals surface area contributed by atoms with Crippen molar-refractivity contribution in [2.45, 2.75) is 13.3 Å². The lowest BCUT2D eigenvalue weighted by atomic mass is 10.1. The third-order valence-electron chi connectivity index (χ3n) is 2.30. The monoisotopic (exact) mass is 220 g/mol. The molecule has 2 rings (SSSR count). The van der Waals surface area contributed by atoms with E-state index in [1.54, 1.807) is 17.1 Å². The fourth-order valence-electron chi connectivity index (χ4n) is 1.48. The summed E-state index contributed by atoms with van der Waals surface area (Å²) in [5, 5.41) is 5.96. The molecule has 78 valence electrons. The standard InChI is InChI=1S/C11H12N2OS/c1-3-8-4-5-15-11(8)10(14)9-6-12-13(2)7-9/h4-7H,3H2,1-2H3. The van der Waals surface area contributed by atoms with Crippen molar-refractivity contribution in [3.8, 4) is 0 Å². The van der Waals surface area contributed by atoms with Crippen molar-refractivity contribution >= 4 is 17.1 Å². The highest BCUT2D eigenvalue weighted by atomic mass is 32.1. The van der Waals surface area contributed by atoms with Crippen LogP contribution in [0.4, 0.5) is 0 Å². The highest BCUT2D eigenvalue weighted by molar-refractivity contribution is 7.12. The van der Waals surface area contributed by atoms with Gasteiger partial charge in [-0.05, 0) is 23.4 Å². The molecule has 4 heteroatoms. The first-order chi connectivity index (χ1) is 7.22. The fourth-order valence-corrected chi connectivity index (χ4v) is 2.44. The Morgan fingerprint density at radius 3 is 3.00 bits per heavy atom. The second kappa shape index (κ2) is 3.98. The quantitative estimate of drug-likeness (QED) is 0.744. The van der Waals surface area contributed by atoms with E-state index >= 15 is 0 Å². The maximum absolute atomic E-state index is 12.1. The molecule has 2 aromatic heterocycles. The summed E-state index contributed by atoms with van der Waals surface area (Å²) in [6.07, 6.45) is 4.26. The molecule has 0 bridgehead atoms. The van der Waals surface area contributed by atoms with Crippen LogP contribution >= 0.6 is 11.3 Å². The lowest BCUT2D eigenvalue weighted by Gasteiger charge is -1.97. The minimum atomic E-state index is 0.0787. The number of aromatic nitrogens is 2. The molecule has 15 heavy (non-hydrogen) atoms. The van der Waals surface area contributed by atoms with Gasteiger partial charge in [0.1, 0.15) is 0 Å². The molecule has 0 N–H and O–H groups in total. The van der Waals surface area contributed by atoms with Gasteiger partial charge in [-0.2, -0.15) is 5.10 Å². The highest BCUT2D eigenvalue weighted by Gasteiger charge is 2.15. The number of rotatable bonds is 3. The predicted molar refractivity (Wildman–Crippen MR) is 60.3 cm³/mol. The Bertz CT molecular complexity index is 484. The average molecular weight is 220 g/mol. The van der Waals surface area contributed by atoms with Crippen molar-refractivity contribution in [2.75, 3.05) is 0 Å². The maximum Gasteiger partial charge on any atom is 0.206 e. The maximum atomic E-state index is 12.1. The molecule has 0 spiro atoms. The Balaban J connectivity index is 2.36. The van der Waals surface area contributed by atoms with E-state index < -0.39 is 0 Å². The van der Waals surface area contributed by atoms with E-state index in [0.29, 0.717) is 5.56 Å². The van der Waals surface area contributed by atoms with Crippen LogP contribution in [-0.4, -0.2) is 15.6 Å². The van der Waals surface area contributed by atoms with Gasteiger partial charge in [-0.25, -0.2) is 0 Å². The van der Waals surface area contributed by atoms with E-state index in [2.05, 4.69) is 12.0 Å². The number of ketones is 1. The third kappa shape index (κ3) is 1.85. The number of hydrogen-bond acceptors (Lipinski definition) is 3. The van der Waals surface area contributed by atoms with Crippen LogP contribution in [0.1, 0.15) is 27.7 Å². The lowest BCUT2D eigenvalue weighted by Crippen LogP contribution is -2.00. The fraction of sp³-hybridized carbons (Fsp3) is 0.273. The van der Waals surface area contributed by atoms with E-state index in [9.17, 15) is 4.79 Å². The van der Waals surface area contributed by atoms with Gasteiger partial charge in [0.2, 0.25) is 5.78 Å². The Hall–Kier alpha value is -1.42. The molecule has 0 aliphatic heterocycles. The molecular formula is C11H12N2OS. The van der Waals surface area contributed by atoms with E-state index in [0.717, 1.165) is 16.9 Å². The van der Waals surface area contributed by atoms with Crippen LogP contribution < -0.4 is 0 Å². The summed E-state index contributed by atoms with van der Waals surface area (Å²) >= 11 is 1.50. The topological polar surface area (TPSA) is 34.9 Å². The molecule has 0 aromatic carbocycles. The van der Waals surface area contributed by atoms with E-state index in [4.69, 9.17) is 0 Å². The van der Waals surface area contributed by atoms with Crippen LogP contribution in [0, 0.1) is 0 Å². The van der Waals surface area contributed by atoms with Gasteiger partial charge in [0.25, 0.3) is 0 Å². The first kappa shape index (κ1) is 10.1. The van der Waals surface area contributed by atoms with Gasteiger partial charge in [-0.1, -0.05) is 6.92 Å². The second-order valence-electron chi connectivity index (χ2n) is 3.36. The van der Waals surface area contributed by atoms with Crippen LogP contribution in [-0.2, 0) is 13.5 Å². The molecule has 2 aromatic rings. The minimum Gasteiger partial charge on any atom is -0.288 e. The van der Waals surface area contributed by atoms with Crippen molar-refractivity contribution in [2.24, 2.45) is 7.05 Å². The van der Waals surface area contributed by atoms with E-state index in [1.807, 2.05) is 18.5 Å². The molecular weight excluding hydrogens is 208 g/mol. The SMILES string of the molecule is CCc1ccsc1C(=O)c1cnn(C)c1. The molecule has 0 saturated carbocycles. The van der Waals surface area contributed by atoms with Gasteiger partial charge >= 0.3 is 0 Å². The van der Waals surface area contributed by atoms with Gasteiger partial charge in [0.15, 0.2) is 0 Å². The highest BCUT2D eigenvalue weighted by Crippen LogP contribution is 2.20. The molecule has 2 heterocycles. The Labute approximate surface area is 92.4 Å². The van der Waals surface area contributed by atoms with Crippen molar-refractivity contribution in [1.82, 2.24) is 9.78 Å². The smallest absolute Gasteiger partial charge is 0.206 e. The van der Waals surface area contributed by atoms with Crippen LogP contribution in [0.25, 0.3) is 0 Å². The van der Waals surface area contributed by atoms with Crippen molar-refractivity contribution in [3.63, 3.8) is 0 Å². The second-order valence-corrected chi connectivity index (χ2v) is 4.28. The summed E-state index contributed by atoms with van der Waals surface area (Å²) in [4.78, 5) is 12.9. The Morgan fingerprint density at radius 2 is 2.40 bits per heavy atom. The summed E-state index contributed by atoms with van der Waals surface area (Å²) in [5.74, 6) is 0.0787. The van der Waals surface area contributed by atoms with Gasteiger partial charge in [0, 0.05) is 13.2 Å². The molecule has 0 amide bonds. The number of aryl methyl sites for hydroxylation is 2. The number of hydrogen-bond donors (Lipinski definition) is 0. The summed E-state index contributed by atoms with van der Waals surface area (Å²) in [5.41, 5.74) is 1.78. The van der Waals surface area contributed by atoms with Crippen LogP contribution in [0.5, 0.6) is 0 Å². The Morgan fingerprint density at radius 1 is 1.60 bits per heavy atom. The largest absolute Gasteiger partial charge is 0.288 e. The van der Waals surface area contributed by atoms with Gasteiger partial charge < -0.3 is 0 Å². The van der Waals surface area contributed by atoms with Gasteiger partial charge in [-0.15, -0.1) is 11.3 Å². The minimum absolute atomic E-state index is 0.0787. The first-order valence-electron chi connectivity index (χ1n) is 4.82. The molecule has 0 unspecified atom stereocenters. The van der Waals surface area contributed by atoms with E-state index in [-0.39, 0.29) is 5.78 Å². The Kier molecular flexibility index (Phi) is 2.68. The third-order valence-corrected chi connectivity index (χ3v) is 3.26. The van der Waals surface area contributed by atoms with Crippen LogP contribution in [0.15, 0.2) is 23.8 Å². The summed E-state index contributed by atoms with van der Waals surface area (Å²) < 4.78 is 1.65. The first-order valence-corrected chi connectivity index (χ1v) is 5.70. The van der Waals surface area contributed by atoms with Crippen LogP contribution in [0.3, 0.4) is 0 Å². The van der Waals surface area contributed by atoms with Crippen molar-refractivity contribution in [3.05, 3.63) is 39.8 Å². The zero-order chi connectivity index (χ0) is 10.8. The zero-order valence-electron chi connectivity index (χ0n) is 8.73. The number of nitrogens with zero attached hydrogens (tertiary/aromatic N) is 2. The predicted octanol–water partition coefficient (Wildman–Crippen LogP) is 2.28. The molecule has 0 fully saturated rings. The summed E-state index contributed by atoms with van der Waals surface area (Å²) in [6.45, 7) is 2.06.